The second-order valence-electron chi connectivity index (χ2n) is 8.96. The summed E-state index contributed by atoms with van der Waals surface area (Å²) in [5, 5.41) is 4.86. The van der Waals surface area contributed by atoms with Gasteiger partial charge in [0.2, 0.25) is 0 Å². The van der Waals surface area contributed by atoms with Crippen LogP contribution in [-0.2, 0) is 4.74 Å². The Morgan fingerprint density at radius 2 is 1.56 bits per heavy atom. The van der Waals surface area contributed by atoms with E-state index in [9.17, 15) is 4.79 Å². The Hall–Kier alpha value is -4.04. The molecule has 0 saturated heterocycles. The summed E-state index contributed by atoms with van der Waals surface area (Å²) < 4.78 is 18.3. The van der Waals surface area contributed by atoms with Crippen molar-refractivity contribution in [1.82, 2.24) is 4.57 Å². The molecule has 8 heteroatoms. The number of benzene rings is 3. The molecule has 1 N–H and O–H groups in total. The van der Waals surface area contributed by atoms with Gasteiger partial charge in [-0.25, -0.2) is 9.79 Å². The van der Waals surface area contributed by atoms with Gasteiger partial charge in [-0.05, 0) is 50.6 Å². The molecule has 0 bridgehead atoms. The highest BCUT2D eigenvalue weighted by Crippen LogP contribution is 2.29. The van der Waals surface area contributed by atoms with Gasteiger partial charge in [0.05, 0.1) is 25.6 Å². The molecule has 1 aromatic heterocycles. The van der Waals surface area contributed by atoms with Gasteiger partial charge in [-0.3, -0.25) is 9.88 Å². The van der Waals surface area contributed by atoms with E-state index in [1.54, 1.807) is 14.2 Å². The van der Waals surface area contributed by atoms with Crippen molar-refractivity contribution in [3.63, 3.8) is 0 Å². The third kappa shape index (κ3) is 6.14. The Bertz CT molecular complexity index is 1380. The fourth-order valence-corrected chi connectivity index (χ4v) is 4.46. The van der Waals surface area contributed by atoms with Gasteiger partial charge in [0.15, 0.2) is 4.80 Å². The standard InChI is InChI=1S/C28H29N3O4S/c1-28(2,3)35-27(32)30-20-11-13-22(14-12-20)31-25(19-9-7-6-8-10-19)18-36-26(31)29-21-15-23(33-4)17-24(16-21)34-5/h6-18H,1-5H3,(H,30,32). The number of hydrogen-bond acceptors (Lipinski definition) is 6. The summed E-state index contributed by atoms with van der Waals surface area (Å²) in [6, 6.07) is 23.3. The smallest absolute Gasteiger partial charge is 0.412 e. The number of carbonyl (C=O) groups is 1. The van der Waals surface area contributed by atoms with Crippen molar-refractivity contribution >= 4 is 28.8 Å². The molecule has 0 aliphatic carbocycles. The number of nitrogens with one attached hydrogen (secondary N) is 1. The highest BCUT2D eigenvalue weighted by atomic mass is 32.1. The van der Waals surface area contributed by atoms with Crippen molar-refractivity contribution in [2.75, 3.05) is 19.5 Å². The summed E-state index contributed by atoms with van der Waals surface area (Å²) in [7, 11) is 3.23. The zero-order valence-electron chi connectivity index (χ0n) is 20.9. The van der Waals surface area contributed by atoms with Crippen molar-refractivity contribution < 1.29 is 19.0 Å². The van der Waals surface area contributed by atoms with Gasteiger partial charge >= 0.3 is 6.09 Å². The number of anilines is 1. The summed E-state index contributed by atoms with van der Waals surface area (Å²) in [5.74, 6) is 1.33. The third-order valence-electron chi connectivity index (χ3n) is 5.11. The van der Waals surface area contributed by atoms with Crippen molar-refractivity contribution in [1.29, 1.82) is 0 Å². The van der Waals surface area contributed by atoms with E-state index < -0.39 is 11.7 Å². The first kappa shape index (κ1) is 25.1. The molecule has 0 unspecified atom stereocenters. The van der Waals surface area contributed by atoms with Gasteiger partial charge in [-0.15, -0.1) is 11.3 Å². The predicted molar refractivity (Wildman–Crippen MR) is 144 cm³/mol. The van der Waals surface area contributed by atoms with Gasteiger partial charge < -0.3 is 14.2 Å². The van der Waals surface area contributed by atoms with Crippen LogP contribution in [0.25, 0.3) is 16.9 Å². The lowest BCUT2D eigenvalue weighted by molar-refractivity contribution is 0.0636. The molecule has 0 fully saturated rings. The number of aromatic nitrogens is 1. The number of carbonyl (C=O) groups excluding carboxylic acids is 1. The van der Waals surface area contributed by atoms with Crippen LogP contribution < -0.4 is 19.6 Å². The molecule has 4 aromatic rings. The van der Waals surface area contributed by atoms with E-state index in [4.69, 9.17) is 19.2 Å². The molecule has 186 valence electrons. The van der Waals surface area contributed by atoms with Crippen molar-refractivity contribution in [3.8, 4) is 28.4 Å². The fraction of sp³-hybridized carbons (Fsp3) is 0.214. The Labute approximate surface area is 214 Å². The highest BCUT2D eigenvalue weighted by Gasteiger charge is 2.16. The largest absolute Gasteiger partial charge is 0.497 e. The average molecular weight is 504 g/mol. The Kier molecular flexibility index (Phi) is 7.45. The van der Waals surface area contributed by atoms with Crippen LogP contribution in [0.5, 0.6) is 11.5 Å². The van der Waals surface area contributed by atoms with E-state index in [0.29, 0.717) is 22.9 Å². The van der Waals surface area contributed by atoms with Crippen LogP contribution in [0, 0.1) is 0 Å². The van der Waals surface area contributed by atoms with Crippen LogP contribution in [0.1, 0.15) is 20.8 Å². The molecular formula is C28H29N3O4S. The number of nitrogens with zero attached hydrogens (tertiary/aromatic N) is 2. The molecule has 0 radical (unpaired) electrons. The third-order valence-corrected chi connectivity index (χ3v) is 5.94. The molecule has 1 amide bonds. The number of rotatable bonds is 6. The van der Waals surface area contributed by atoms with E-state index in [2.05, 4.69) is 27.4 Å². The minimum absolute atomic E-state index is 0.494. The molecule has 0 aliphatic rings. The maximum atomic E-state index is 12.2. The van der Waals surface area contributed by atoms with E-state index in [1.165, 1.54) is 11.3 Å². The quantitative estimate of drug-likeness (QED) is 0.314. The Balaban J connectivity index is 1.77. The monoisotopic (exact) mass is 503 g/mol. The van der Waals surface area contributed by atoms with Crippen LogP contribution in [0.3, 0.4) is 0 Å². The van der Waals surface area contributed by atoms with E-state index in [0.717, 1.165) is 21.7 Å². The van der Waals surface area contributed by atoms with Crippen LogP contribution in [0.2, 0.25) is 0 Å². The number of thiazole rings is 1. The molecular weight excluding hydrogens is 474 g/mol. The number of methoxy groups -OCH3 is 2. The second kappa shape index (κ2) is 10.7. The summed E-state index contributed by atoms with van der Waals surface area (Å²) in [4.78, 5) is 17.9. The first-order valence-electron chi connectivity index (χ1n) is 11.4. The zero-order chi connectivity index (χ0) is 25.7. The fourth-order valence-electron chi connectivity index (χ4n) is 3.53. The van der Waals surface area contributed by atoms with Crippen molar-refractivity contribution in [3.05, 3.63) is 83.0 Å². The first-order valence-corrected chi connectivity index (χ1v) is 12.3. The maximum absolute atomic E-state index is 12.2. The van der Waals surface area contributed by atoms with Crippen molar-refractivity contribution in [2.45, 2.75) is 26.4 Å². The minimum Gasteiger partial charge on any atom is -0.497 e. The maximum Gasteiger partial charge on any atom is 0.412 e. The van der Waals surface area contributed by atoms with Crippen LogP contribution in [0.15, 0.2) is 83.2 Å². The summed E-state index contributed by atoms with van der Waals surface area (Å²) in [6.07, 6.45) is -0.494. The summed E-state index contributed by atoms with van der Waals surface area (Å²) >= 11 is 1.53. The van der Waals surface area contributed by atoms with Crippen LogP contribution in [0.4, 0.5) is 16.2 Å². The number of amides is 1. The van der Waals surface area contributed by atoms with Gasteiger partial charge in [0.1, 0.15) is 17.1 Å². The van der Waals surface area contributed by atoms with Gasteiger partial charge in [0, 0.05) is 35.0 Å². The minimum atomic E-state index is -0.569. The predicted octanol–water partition coefficient (Wildman–Crippen LogP) is 6.80. The van der Waals surface area contributed by atoms with Crippen molar-refractivity contribution in [2.24, 2.45) is 4.99 Å². The van der Waals surface area contributed by atoms with Gasteiger partial charge in [-0.1, -0.05) is 30.3 Å². The SMILES string of the molecule is COc1cc(N=c2scc(-c3ccccc3)n2-c2ccc(NC(=O)OC(C)(C)C)cc2)cc(OC)c1. The topological polar surface area (TPSA) is 74.1 Å². The van der Waals surface area contributed by atoms with Gasteiger partial charge in [-0.2, -0.15) is 0 Å². The molecule has 0 aliphatic heterocycles. The molecule has 3 aromatic carbocycles. The van der Waals surface area contributed by atoms with Crippen LogP contribution >= 0.6 is 11.3 Å². The molecule has 0 atom stereocenters. The second-order valence-corrected chi connectivity index (χ2v) is 9.80. The molecule has 0 saturated carbocycles. The normalized spacial score (nSPS) is 11.8. The van der Waals surface area contributed by atoms with E-state index >= 15 is 0 Å². The van der Waals surface area contributed by atoms with E-state index in [1.807, 2.05) is 81.4 Å². The molecule has 1 heterocycles. The first-order chi connectivity index (χ1) is 17.3. The molecule has 4 rings (SSSR count). The lowest BCUT2D eigenvalue weighted by Crippen LogP contribution is -2.27. The molecule has 36 heavy (non-hydrogen) atoms. The molecule has 7 nitrogen and oxygen atoms in total. The van der Waals surface area contributed by atoms with Crippen LogP contribution in [-0.4, -0.2) is 30.5 Å². The lowest BCUT2D eigenvalue weighted by Gasteiger charge is -2.19. The Morgan fingerprint density at radius 3 is 2.14 bits per heavy atom. The Morgan fingerprint density at radius 1 is 0.917 bits per heavy atom. The highest BCUT2D eigenvalue weighted by molar-refractivity contribution is 7.07. The zero-order valence-corrected chi connectivity index (χ0v) is 21.8. The molecule has 0 spiro atoms. The average Bonchev–Trinajstić information content (AvgIpc) is 3.27. The van der Waals surface area contributed by atoms with E-state index in [-0.39, 0.29) is 0 Å². The summed E-state index contributed by atoms with van der Waals surface area (Å²) in [6.45, 7) is 5.49. The number of ether oxygens (including phenoxy) is 3. The summed E-state index contributed by atoms with van der Waals surface area (Å²) in [5.41, 5.74) is 3.75. The lowest BCUT2D eigenvalue weighted by atomic mass is 10.1. The number of hydrogen-bond donors (Lipinski definition) is 1. The van der Waals surface area contributed by atoms with Gasteiger partial charge in [0.25, 0.3) is 0 Å².